The van der Waals surface area contributed by atoms with Gasteiger partial charge in [-0.05, 0) is 49.2 Å². The molecular weight excluding hydrogens is 361 g/mol. The normalized spacial score (nSPS) is 10.6. The van der Waals surface area contributed by atoms with E-state index in [0.29, 0.717) is 11.4 Å². The highest BCUT2D eigenvalue weighted by Gasteiger charge is 2.14. The lowest BCUT2D eigenvalue weighted by Gasteiger charge is -2.13. The fraction of sp³-hybridized carbons (Fsp3) is 0.238. The smallest absolute Gasteiger partial charge is 0.255 e. The zero-order valence-electron chi connectivity index (χ0n) is 16.2. The van der Waals surface area contributed by atoms with Gasteiger partial charge in [0.25, 0.3) is 5.91 Å². The number of rotatable bonds is 6. The lowest BCUT2D eigenvalue weighted by Crippen LogP contribution is -2.13. The summed E-state index contributed by atoms with van der Waals surface area (Å²) in [5, 5.41) is 6.88. The van der Waals surface area contributed by atoms with E-state index in [1.165, 1.54) is 19.2 Å². The standard InChI is InChI=1S/C21H22FN3O3/c1-13-6-5-7-17(20(13)27-4)24-21(26)15-8-9-19(16(22)10-15)28-12-18-14(2)11-23-25(18)3/h5-11H,12H2,1-4H3,(H,24,26). The second kappa shape index (κ2) is 8.12. The van der Waals surface area contributed by atoms with Crippen molar-refractivity contribution in [2.75, 3.05) is 12.4 Å². The SMILES string of the molecule is COc1c(C)cccc1NC(=O)c1ccc(OCc2c(C)cnn2C)c(F)c1. The van der Waals surface area contributed by atoms with E-state index < -0.39 is 11.7 Å². The monoisotopic (exact) mass is 383 g/mol. The first kappa shape index (κ1) is 19.4. The van der Waals surface area contributed by atoms with Crippen LogP contribution >= 0.6 is 0 Å². The number of hydrogen-bond donors (Lipinski definition) is 1. The molecule has 1 heterocycles. The van der Waals surface area contributed by atoms with Crippen LogP contribution in [-0.2, 0) is 13.7 Å². The second-order valence-electron chi connectivity index (χ2n) is 6.44. The molecule has 0 saturated heterocycles. The van der Waals surface area contributed by atoms with Crippen molar-refractivity contribution < 1.29 is 18.7 Å². The van der Waals surface area contributed by atoms with Crippen molar-refractivity contribution in [3.8, 4) is 11.5 Å². The number of nitrogens with one attached hydrogen (secondary N) is 1. The van der Waals surface area contributed by atoms with Crippen LogP contribution in [0.5, 0.6) is 11.5 Å². The molecule has 0 unspecified atom stereocenters. The van der Waals surface area contributed by atoms with Crippen molar-refractivity contribution >= 4 is 11.6 Å². The summed E-state index contributed by atoms with van der Waals surface area (Å²) in [5.74, 6) is -0.395. The van der Waals surface area contributed by atoms with Crippen LogP contribution in [0.3, 0.4) is 0 Å². The van der Waals surface area contributed by atoms with Gasteiger partial charge < -0.3 is 14.8 Å². The Labute approximate surface area is 162 Å². The fourth-order valence-corrected chi connectivity index (χ4v) is 2.90. The summed E-state index contributed by atoms with van der Waals surface area (Å²) >= 11 is 0. The highest BCUT2D eigenvalue weighted by Crippen LogP contribution is 2.29. The Kier molecular flexibility index (Phi) is 5.63. The van der Waals surface area contributed by atoms with Crippen LogP contribution in [0.25, 0.3) is 0 Å². The van der Waals surface area contributed by atoms with E-state index in [0.717, 1.165) is 22.9 Å². The molecule has 0 aliphatic carbocycles. The molecule has 1 aromatic heterocycles. The molecule has 3 aromatic rings. The number of para-hydroxylation sites is 1. The maximum absolute atomic E-state index is 14.4. The first-order chi connectivity index (χ1) is 13.4. The number of carbonyl (C=O) groups is 1. The molecule has 146 valence electrons. The quantitative estimate of drug-likeness (QED) is 0.698. The maximum Gasteiger partial charge on any atom is 0.255 e. The molecule has 0 radical (unpaired) electrons. The van der Waals surface area contributed by atoms with E-state index in [1.807, 2.05) is 26.0 Å². The number of carbonyl (C=O) groups excluding carboxylic acids is 1. The van der Waals surface area contributed by atoms with Crippen LogP contribution in [-0.4, -0.2) is 22.8 Å². The topological polar surface area (TPSA) is 65.4 Å². The van der Waals surface area contributed by atoms with Gasteiger partial charge in [-0.25, -0.2) is 4.39 Å². The van der Waals surface area contributed by atoms with Gasteiger partial charge in [-0.15, -0.1) is 0 Å². The van der Waals surface area contributed by atoms with Crippen LogP contribution in [0, 0.1) is 19.7 Å². The zero-order chi connectivity index (χ0) is 20.3. The van der Waals surface area contributed by atoms with Crippen LogP contribution < -0.4 is 14.8 Å². The molecule has 0 aliphatic rings. The van der Waals surface area contributed by atoms with Gasteiger partial charge >= 0.3 is 0 Å². The van der Waals surface area contributed by atoms with Crippen LogP contribution in [0.4, 0.5) is 10.1 Å². The number of anilines is 1. The second-order valence-corrected chi connectivity index (χ2v) is 6.44. The third kappa shape index (κ3) is 3.98. The van der Waals surface area contributed by atoms with Crippen molar-refractivity contribution in [1.29, 1.82) is 0 Å². The van der Waals surface area contributed by atoms with Gasteiger partial charge in [-0.2, -0.15) is 5.10 Å². The van der Waals surface area contributed by atoms with Crippen molar-refractivity contribution in [1.82, 2.24) is 9.78 Å². The van der Waals surface area contributed by atoms with E-state index >= 15 is 0 Å². The first-order valence-electron chi connectivity index (χ1n) is 8.75. The number of aryl methyl sites for hydroxylation is 3. The van der Waals surface area contributed by atoms with Gasteiger partial charge in [0, 0.05) is 12.6 Å². The van der Waals surface area contributed by atoms with Crippen molar-refractivity contribution in [2.45, 2.75) is 20.5 Å². The number of methoxy groups -OCH3 is 1. The van der Waals surface area contributed by atoms with E-state index in [4.69, 9.17) is 9.47 Å². The van der Waals surface area contributed by atoms with Gasteiger partial charge in [-0.1, -0.05) is 12.1 Å². The fourth-order valence-electron chi connectivity index (χ4n) is 2.90. The lowest BCUT2D eigenvalue weighted by molar-refractivity contribution is 0.102. The number of benzene rings is 2. The Morgan fingerprint density at radius 3 is 2.64 bits per heavy atom. The Morgan fingerprint density at radius 2 is 2.00 bits per heavy atom. The molecule has 0 spiro atoms. The van der Waals surface area contributed by atoms with E-state index in [9.17, 15) is 9.18 Å². The lowest BCUT2D eigenvalue weighted by atomic mass is 10.1. The Bertz CT molecular complexity index is 995. The third-order valence-electron chi connectivity index (χ3n) is 4.49. The summed E-state index contributed by atoms with van der Waals surface area (Å²) in [4.78, 5) is 12.5. The van der Waals surface area contributed by atoms with Crippen molar-refractivity contribution in [2.24, 2.45) is 7.05 Å². The summed E-state index contributed by atoms with van der Waals surface area (Å²) in [6.07, 6.45) is 1.72. The highest BCUT2D eigenvalue weighted by molar-refractivity contribution is 6.05. The predicted molar refractivity (Wildman–Crippen MR) is 104 cm³/mol. The number of amides is 1. The summed E-state index contributed by atoms with van der Waals surface area (Å²) in [5.41, 5.74) is 3.42. The number of halogens is 1. The Balaban J connectivity index is 1.73. The molecular formula is C21H22FN3O3. The Morgan fingerprint density at radius 1 is 1.21 bits per heavy atom. The molecule has 7 heteroatoms. The van der Waals surface area contributed by atoms with Gasteiger partial charge in [0.2, 0.25) is 0 Å². The van der Waals surface area contributed by atoms with E-state index in [2.05, 4.69) is 10.4 Å². The summed E-state index contributed by atoms with van der Waals surface area (Å²) in [7, 11) is 3.34. The van der Waals surface area contributed by atoms with Crippen molar-refractivity contribution in [3.63, 3.8) is 0 Å². The number of aromatic nitrogens is 2. The van der Waals surface area contributed by atoms with Gasteiger partial charge in [-0.3, -0.25) is 9.48 Å². The molecule has 0 aliphatic heterocycles. The summed E-state index contributed by atoms with van der Waals surface area (Å²) in [6, 6.07) is 9.54. The van der Waals surface area contributed by atoms with Gasteiger partial charge in [0.15, 0.2) is 11.6 Å². The Hall–Kier alpha value is -3.35. The average molecular weight is 383 g/mol. The summed E-state index contributed by atoms with van der Waals surface area (Å²) < 4.78 is 27.0. The van der Waals surface area contributed by atoms with Crippen molar-refractivity contribution in [3.05, 3.63) is 70.8 Å². The van der Waals surface area contributed by atoms with Crippen LogP contribution in [0.15, 0.2) is 42.6 Å². The summed E-state index contributed by atoms with van der Waals surface area (Å²) in [6.45, 7) is 3.98. The molecule has 1 N–H and O–H groups in total. The molecule has 0 bridgehead atoms. The molecule has 0 atom stereocenters. The number of hydrogen-bond acceptors (Lipinski definition) is 4. The molecule has 3 rings (SSSR count). The maximum atomic E-state index is 14.4. The molecule has 6 nitrogen and oxygen atoms in total. The van der Waals surface area contributed by atoms with E-state index in [1.54, 1.807) is 24.0 Å². The number of ether oxygens (including phenoxy) is 2. The predicted octanol–water partition coefficient (Wildman–Crippen LogP) is 4.02. The minimum atomic E-state index is -0.608. The zero-order valence-corrected chi connectivity index (χ0v) is 16.2. The minimum Gasteiger partial charge on any atom is -0.494 e. The molecule has 2 aromatic carbocycles. The first-order valence-corrected chi connectivity index (χ1v) is 8.75. The van der Waals surface area contributed by atoms with E-state index in [-0.39, 0.29) is 17.9 Å². The van der Waals surface area contributed by atoms with Crippen LogP contribution in [0.2, 0.25) is 0 Å². The molecule has 0 fully saturated rings. The van der Waals surface area contributed by atoms with Gasteiger partial charge in [0.05, 0.1) is 24.7 Å². The minimum absolute atomic E-state index is 0.0743. The van der Waals surface area contributed by atoms with Crippen LogP contribution in [0.1, 0.15) is 27.2 Å². The molecule has 0 saturated carbocycles. The largest absolute Gasteiger partial charge is 0.494 e. The molecule has 28 heavy (non-hydrogen) atoms. The van der Waals surface area contributed by atoms with Gasteiger partial charge in [0.1, 0.15) is 12.4 Å². The highest BCUT2D eigenvalue weighted by atomic mass is 19.1. The average Bonchev–Trinajstić information content (AvgIpc) is 2.99. The number of nitrogens with zero attached hydrogens (tertiary/aromatic N) is 2. The third-order valence-corrected chi connectivity index (χ3v) is 4.49. The molecule has 1 amide bonds.